The third-order valence-corrected chi connectivity index (χ3v) is 2.98. The van der Waals surface area contributed by atoms with Crippen LogP contribution in [0.5, 0.6) is 0 Å². The Morgan fingerprint density at radius 2 is 2.33 bits per heavy atom. The summed E-state index contributed by atoms with van der Waals surface area (Å²) in [7, 11) is -0.803. The fourth-order valence-electron chi connectivity index (χ4n) is 1.00. The summed E-state index contributed by atoms with van der Waals surface area (Å²) in [5, 5.41) is 2.68. The van der Waals surface area contributed by atoms with Gasteiger partial charge in [-0.3, -0.25) is 9.00 Å². The Morgan fingerprint density at radius 1 is 1.60 bits per heavy atom. The zero-order valence-electron chi connectivity index (χ0n) is 8.29. The first kappa shape index (κ1) is 12.4. The minimum atomic E-state index is -0.803. The lowest BCUT2D eigenvalue weighted by atomic mass is 10.4. The standard InChI is InChI=1S/C9H12BrNO3S/c1-15(13)6-2-5-11-9(12)7-3-4-8(10)14-7/h3-4H,2,5-6H2,1H3,(H,11,12). The first-order chi connectivity index (χ1) is 7.09. The molecule has 15 heavy (non-hydrogen) atoms. The van der Waals surface area contributed by atoms with Crippen molar-refractivity contribution >= 4 is 32.6 Å². The minimum Gasteiger partial charge on any atom is -0.444 e. The molecule has 1 heterocycles. The number of hydrogen-bond donors (Lipinski definition) is 1. The molecule has 0 aromatic carbocycles. The summed E-state index contributed by atoms with van der Waals surface area (Å²) in [5.74, 6) is 0.629. The smallest absolute Gasteiger partial charge is 0.287 e. The molecular formula is C9H12BrNO3S. The average molecular weight is 294 g/mol. The molecule has 0 bridgehead atoms. The van der Waals surface area contributed by atoms with E-state index in [1.165, 1.54) is 0 Å². The average Bonchev–Trinajstić information content (AvgIpc) is 2.59. The van der Waals surface area contributed by atoms with Crippen LogP contribution in [0.2, 0.25) is 0 Å². The second-order valence-corrected chi connectivity index (χ2v) is 5.33. The SMILES string of the molecule is CS(=O)CCCNC(=O)c1ccc(Br)o1. The van der Waals surface area contributed by atoms with Gasteiger partial charge in [0, 0.05) is 29.4 Å². The molecule has 84 valence electrons. The lowest BCUT2D eigenvalue weighted by Gasteiger charge is -2.01. The van der Waals surface area contributed by atoms with Crippen molar-refractivity contribution in [2.45, 2.75) is 6.42 Å². The Bertz CT molecular complexity index is 364. The Hall–Kier alpha value is -0.620. The van der Waals surface area contributed by atoms with E-state index in [-0.39, 0.29) is 11.7 Å². The van der Waals surface area contributed by atoms with E-state index in [2.05, 4.69) is 21.2 Å². The van der Waals surface area contributed by atoms with Crippen molar-refractivity contribution < 1.29 is 13.4 Å². The van der Waals surface area contributed by atoms with Crippen molar-refractivity contribution in [1.29, 1.82) is 0 Å². The quantitative estimate of drug-likeness (QED) is 0.838. The summed E-state index contributed by atoms with van der Waals surface area (Å²) in [6.07, 6.45) is 2.35. The summed E-state index contributed by atoms with van der Waals surface area (Å²) in [6, 6.07) is 3.26. The maximum atomic E-state index is 11.4. The van der Waals surface area contributed by atoms with Crippen LogP contribution in [0.1, 0.15) is 17.0 Å². The van der Waals surface area contributed by atoms with Crippen LogP contribution in [-0.4, -0.2) is 28.7 Å². The van der Waals surface area contributed by atoms with Crippen LogP contribution in [0, 0.1) is 0 Å². The Morgan fingerprint density at radius 3 is 2.87 bits per heavy atom. The van der Waals surface area contributed by atoms with Crippen LogP contribution in [-0.2, 0) is 10.8 Å². The number of hydrogen-bond acceptors (Lipinski definition) is 3. The number of rotatable bonds is 5. The van der Waals surface area contributed by atoms with Crippen LogP contribution in [0.25, 0.3) is 0 Å². The molecule has 1 rings (SSSR count). The minimum absolute atomic E-state index is 0.248. The van der Waals surface area contributed by atoms with Crippen molar-refractivity contribution in [3.63, 3.8) is 0 Å². The Kier molecular flexibility index (Phi) is 5.04. The zero-order valence-corrected chi connectivity index (χ0v) is 10.7. The highest BCUT2D eigenvalue weighted by Gasteiger charge is 2.08. The molecule has 6 heteroatoms. The van der Waals surface area contributed by atoms with Gasteiger partial charge in [-0.25, -0.2) is 0 Å². The molecule has 1 N–H and O–H groups in total. The first-order valence-electron chi connectivity index (χ1n) is 4.43. The number of carbonyl (C=O) groups is 1. The van der Waals surface area contributed by atoms with Crippen molar-refractivity contribution in [2.24, 2.45) is 0 Å². The maximum Gasteiger partial charge on any atom is 0.287 e. The van der Waals surface area contributed by atoms with Gasteiger partial charge in [0.2, 0.25) is 0 Å². The molecule has 0 aliphatic carbocycles. The third kappa shape index (κ3) is 4.61. The normalized spacial score (nSPS) is 12.4. The number of amides is 1. The second-order valence-electron chi connectivity index (χ2n) is 2.99. The van der Waals surface area contributed by atoms with Gasteiger partial charge in [0.15, 0.2) is 10.4 Å². The number of carbonyl (C=O) groups excluding carboxylic acids is 1. The van der Waals surface area contributed by atoms with E-state index in [0.29, 0.717) is 23.4 Å². The van der Waals surface area contributed by atoms with E-state index in [9.17, 15) is 9.00 Å². The summed E-state index contributed by atoms with van der Waals surface area (Å²) < 4.78 is 16.3. The van der Waals surface area contributed by atoms with E-state index >= 15 is 0 Å². The molecule has 1 aromatic heterocycles. The van der Waals surface area contributed by atoms with Crippen molar-refractivity contribution in [3.8, 4) is 0 Å². The van der Waals surface area contributed by atoms with Gasteiger partial charge in [-0.15, -0.1) is 0 Å². The highest BCUT2D eigenvalue weighted by atomic mass is 79.9. The predicted molar refractivity (Wildman–Crippen MR) is 62.3 cm³/mol. The molecule has 1 unspecified atom stereocenters. The Balaban J connectivity index is 2.28. The molecule has 0 aliphatic heterocycles. The number of nitrogens with one attached hydrogen (secondary N) is 1. The molecule has 0 saturated carbocycles. The maximum absolute atomic E-state index is 11.4. The van der Waals surface area contributed by atoms with E-state index in [1.807, 2.05) is 0 Å². The van der Waals surface area contributed by atoms with Crippen LogP contribution in [0.15, 0.2) is 21.2 Å². The second kappa shape index (κ2) is 6.07. The molecule has 0 radical (unpaired) electrons. The van der Waals surface area contributed by atoms with Gasteiger partial charge in [0.05, 0.1) is 0 Å². The molecule has 1 aromatic rings. The number of halogens is 1. The van der Waals surface area contributed by atoms with Crippen LogP contribution in [0.4, 0.5) is 0 Å². The molecule has 0 saturated heterocycles. The van der Waals surface area contributed by atoms with Gasteiger partial charge >= 0.3 is 0 Å². The van der Waals surface area contributed by atoms with E-state index in [4.69, 9.17) is 4.42 Å². The van der Waals surface area contributed by atoms with Gasteiger partial charge < -0.3 is 9.73 Å². The van der Waals surface area contributed by atoms with Crippen LogP contribution < -0.4 is 5.32 Å². The van der Waals surface area contributed by atoms with Crippen LogP contribution >= 0.6 is 15.9 Å². The summed E-state index contributed by atoms with van der Waals surface area (Å²) in [4.78, 5) is 11.4. The fraction of sp³-hybridized carbons (Fsp3) is 0.444. The van der Waals surface area contributed by atoms with Crippen molar-refractivity contribution in [3.05, 3.63) is 22.6 Å². The summed E-state index contributed by atoms with van der Waals surface area (Å²) >= 11 is 3.11. The van der Waals surface area contributed by atoms with E-state index in [1.54, 1.807) is 18.4 Å². The highest BCUT2D eigenvalue weighted by Crippen LogP contribution is 2.13. The molecule has 0 fully saturated rings. The van der Waals surface area contributed by atoms with E-state index < -0.39 is 10.8 Å². The van der Waals surface area contributed by atoms with Gasteiger partial charge in [0.1, 0.15) is 0 Å². The topological polar surface area (TPSA) is 59.3 Å². The largest absolute Gasteiger partial charge is 0.444 e. The highest BCUT2D eigenvalue weighted by molar-refractivity contribution is 9.10. The molecule has 0 aliphatic rings. The fourth-order valence-corrected chi connectivity index (χ4v) is 1.86. The molecule has 4 nitrogen and oxygen atoms in total. The van der Waals surface area contributed by atoms with Crippen LogP contribution in [0.3, 0.4) is 0 Å². The Labute approximate surface area is 99.0 Å². The predicted octanol–water partition coefficient (Wildman–Crippen LogP) is 1.54. The number of furan rings is 1. The summed E-state index contributed by atoms with van der Waals surface area (Å²) in [5.41, 5.74) is 0. The van der Waals surface area contributed by atoms with Gasteiger partial charge in [-0.1, -0.05) is 0 Å². The van der Waals surface area contributed by atoms with Crippen molar-refractivity contribution in [1.82, 2.24) is 5.32 Å². The molecule has 1 atom stereocenters. The zero-order chi connectivity index (χ0) is 11.3. The lowest BCUT2D eigenvalue weighted by Crippen LogP contribution is -2.24. The van der Waals surface area contributed by atoms with Gasteiger partial charge in [-0.05, 0) is 34.5 Å². The molecule has 0 spiro atoms. The summed E-state index contributed by atoms with van der Waals surface area (Å²) in [6.45, 7) is 0.511. The monoisotopic (exact) mass is 293 g/mol. The lowest BCUT2D eigenvalue weighted by molar-refractivity contribution is 0.0925. The molecule has 1 amide bonds. The third-order valence-electron chi connectivity index (χ3n) is 1.69. The molecular weight excluding hydrogens is 282 g/mol. The van der Waals surface area contributed by atoms with Gasteiger partial charge in [-0.2, -0.15) is 0 Å². The first-order valence-corrected chi connectivity index (χ1v) is 6.95. The van der Waals surface area contributed by atoms with Gasteiger partial charge in [0.25, 0.3) is 5.91 Å². The van der Waals surface area contributed by atoms with E-state index in [0.717, 1.165) is 0 Å². The van der Waals surface area contributed by atoms with Crippen molar-refractivity contribution in [2.75, 3.05) is 18.6 Å².